The van der Waals surface area contributed by atoms with Gasteiger partial charge in [-0.3, -0.25) is 9.71 Å². The lowest BCUT2D eigenvalue weighted by atomic mass is 10.00. The molecule has 0 spiro atoms. The monoisotopic (exact) mass is 520 g/mol. The summed E-state index contributed by atoms with van der Waals surface area (Å²) < 4.78 is 56.3. The van der Waals surface area contributed by atoms with E-state index in [9.17, 15) is 17.2 Å². The number of hydrogen-bond donors (Lipinski definition) is 2. The van der Waals surface area contributed by atoms with Crippen LogP contribution in [0.2, 0.25) is 0 Å². The summed E-state index contributed by atoms with van der Waals surface area (Å²) in [5.74, 6) is -1.23. The molecule has 0 unspecified atom stereocenters. The van der Waals surface area contributed by atoms with Gasteiger partial charge in [-0.1, -0.05) is 47.6 Å². The molecule has 0 saturated heterocycles. The highest BCUT2D eigenvalue weighted by atomic mass is 32.2. The zero-order chi connectivity index (χ0) is 24.6. The summed E-state index contributed by atoms with van der Waals surface area (Å²) in [5, 5.41) is 3.33. The molecular weight excluding hydrogens is 498 g/mol. The first-order valence-corrected chi connectivity index (χ1v) is 13.1. The van der Waals surface area contributed by atoms with Crippen LogP contribution < -0.4 is 4.72 Å². The van der Waals surface area contributed by atoms with Gasteiger partial charge in [-0.25, -0.2) is 16.9 Å². The summed E-state index contributed by atoms with van der Waals surface area (Å²) in [7, 11) is -4.44. The Morgan fingerprint density at radius 3 is 2.41 bits per heavy atom. The van der Waals surface area contributed by atoms with Crippen LogP contribution in [-0.4, -0.2) is 22.6 Å². The Kier molecular flexibility index (Phi) is 6.79. The zero-order valence-corrected chi connectivity index (χ0v) is 21.2. The van der Waals surface area contributed by atoms with E-state index in [0.717, 1.165) is 28.7 Å². The molecule has 6 nitrogen and oxygen atoms in total. The SMILES string of the molecule is CCc1ccnc(-c2c(NS(=O)(=O)c3sc(F)cc3F)nn(S)c2Cc2cc(C)cc(C)c2)c1. The number of hydrogen-bond acceptors (Lipinski definition) is 6. The van der Waals surface area contributed by atoms with Crippen molar-refractivity contribution in [2.24, 2.45) is 0 Å². The number of benzene rings is 1. The van der Waals surface area contributed by atoms with Crippen LogP contribution in [-0.2, 0) is 22.9 Å². The average Bonchev–Trinajstić information content (AvgIpc) is 3.25. The van der Waals surface area contributed by atoms with Crippen molar-refractivity contribution in [1.82, 2.24) is 14.2 Å². The van der Waals surface area contributed by atoms with Crippen LogP contribution in [0.3, 0.4) is 0 Å². The molecule has 0 radical (unpaired) electrons. The fourth-order valence-electron chi connectivity index (χ4n) is 3.82. The standard InChI is InChI=1S/C23H22F2N4O2S3/c1-4-15-5-6-26-18(10-15)21-19(11-16-8-13(2)7-14(3)9-16)29(32)27-22(21)28-34(30,31)23-17(24)12-20(25)33-23/h5-10,12,32H,4,11H2,1-3H3,(H,27,28). The summed E-state index contributed by atoms with van der Waals surface area (Å²) in [6.45, 7) is 5.99. The van der Waals surface area contributed by atoms with Crippen molar-refractivity contribution in [1.29, 1.82) is 0 Å². The van der Waals surface area contributed by atoms with Crippen LogP contribution in [0.25, 0.3) is 11.3 Å². The average molecular weight is 521 g/mol. The summed E-state index contributed by atoms with van der Waals surface area (Å²) in [6, 6.07) is 10.4. The molecule has 0 saturated carbocycles. The van der Waals surface area contributed by atoms with Gasteiger partial charge < -0.3 is 0 Å². The Labute approximate surface area is 206 Å². The number of rotatable bonds is 7. The number of thiol groups is 1. The maximum Gasteiger partial charge on any atom is 0.275 e. The number of nitrogens with one attached hydrogen (secondary N) is 1. The number of halogens is 2. The highest BCUT2D eigenvalue weighted by Gasteiger charge is 2.28. The number of aromatic nitrogens is 3. The van der Waals surface area contributed by atoms with Crippen molar-refractivity contribution in [3.05, 3.63) is 81.5 Å². The minimum atomic E-state index is -4.44. The quantitative estimate of drug-likeness (QED) is 0.313. The van der Waals surface area contributed by atoms with E-state index < -0.39 is 25.2 Å². The van der Waals surface area contributed by atoms with Gasteiger partial charge in [0.25, 0.3) is 10.0 Å². The molecule has 0 aliphatic carbocycles. The van der Waals surface area contributed by atoms with Gasteiger partial charge >= 0.3 is 0 Å². The number of pyridine rings is 1. The molecule has 11 heteroatoms. The van der Waals surface area contributed by atoms with Crippen LogP contribution in [0, 0.1) is 24.8 Å². The largest absolute Gasteiger partial charge is 0.275 e. The van der Waals surface area contributed by atoms with E-state index in [0.29, 0.717) is 29.4 Å². The number of aryl methyl sites for hydroxylation is 3. The fourth-order valence-corrected chi connectivity index (χ4v) is 6.18. The minimum absolute atomic E-state index is 0.0664. The van der Waals surface area contributed by atoms with Crippen LogP contribution in [0.15, 0.2) is 46.8 Å². The second-order valence-electron chi connectivity index (χ2n) is 7.93. The Hall–Kier alpha value is -2.76. The van der Waals surface area contributed by atoms with E-state index in [1.165, 1.54) is 4.09 Å². The topological polar surface area (TPSA) is 76.9 Å². The summed E-state index contributed by atoms with van der Waals surface area (Å²) in [4.78, 5) is 4.44. The predicted molar refractivity (Wildman–Crippen MR) is 133 cm³/mol. The summed E-state index contributed by atoms with van der Waals surface area (Å²) >= 11 is 4.65. The number of nitrogens with zero attached hydrogens (tertiary/aromatic N) is 3. The second kappa shape index (κ2) is 9.47. The normalized spacial score (nSPS) is 11.7. The first-order valence-electron chi connectivity index (χ1n) is 10.4. The van der Waals surface area contributed by atoms with Crippen LogP contribution >= 0.6 is 24.2 Å². The maximum atomic E-state index is 14.1. The van der Waals surface area contributed by atoms with Crippen LogP contribution in [0.1, 0.15) is 34.9 Å². The Morgan fingerprint density at radius 1 is 1.09 bits per heavy atom. The lowest BCUT2D eigenvalue weighted by Gasteiger charge is -2.10. The Balaban J connectivity index is 1.86. The third kappa shape index (κ3) is 5.01. The van der Waals surface area contributed by atoms with Crippen molar-refractivity contribution in [3.8, 4) is 11.3 Å². The molecule has 1 N–H and O–H groups in total. The Morgan fingerprint density at radius 2 is 1.79 bits per heavy atom. The summed E-state index contributed by atoms with van der Waals surface area (Å²) in [5.41, 5.74) is 5.67. The molecule has 0 atom stereocenters. The second-order valence-corrected chi connectivity index (χ2v) is 11.2. The molecule has 0 aliphatic rings. The molecule has 4 rings (SSSR count). The molecule has 0 amide bonds. The molecule has 1 aromatic carbocycles. The van der Waals surface area contributed by atoms with Gasteiger partial charge in [0.15, 0.2) is 21.0 Å². The molecule has 3 heterocycles. The van der Waals surface area contributed by atoms with E-state index in [2.05, 4.69) is 33.7 Å². The number of sulfonamides is 1. The molecule has 4 aromatic rings. The van der Waals surface area contributed by atoms with Crippen LogP contribution in [0.5, 0.6) is 0 Å². The van der Waals surface area contributed by atoms with E-state index in [1.54, 1.807) is 6.20 Å². The third-order valence-corrected chi connectivity index (χ3v) is 8.28. The van der Waals surface area contributed by atoms with E-state index in [-0.39, 0.29) is 17.2 Å². The van der Waals surface area contributed by atoms with Crippen molar-refractivity contribution < 1.29 is 17.2 Å². The molecule has 0 bridgehead atoms. The van der Waals surface area contributed by atoms with Gasteiger partial charge in [0, 0.05) is 18.7 Å². The van der Waals surface area contributed by atoms with Gasteiger partial charge in [0.2, 0.25) is 0 Å². The number of anilines is 1. The molecule has 178 valence electrons. The molecule has 0 fully saturated rings. The van der Waals surface area contributed by atoms with Crippen molar-refractivity contribution in [2.45, 2.75) is 37.8 Å². The van der Waals surface area contributed by atoms with Gasteiger partial charge in [-0.05, 0) is 56.3 Å². The minimum Gasteiger partial charge on any atom is -0.260 e. The van der Waals surface area contributed by atoms with Crippen molar-refractivity contribution in [3.63, 3.8) is 0 Å². The van der Waals surface area contributed by atoms with Crippen LogP contribution in [0.4, 0.5) is 14.6 Å². The highest BCUT2D eigenvalue weighted by molar-refractivity contribution is 7.94. The van der Waals surface area contributed by atoms with Crippen molar-refractivity contribution >= 4 is 40.0 Å². The highest BCUT2D eigenvalue weighted by Crippen LogP contribution is 2.35. The van der Waals surface area contributed by atoms with Gasteiger partial charge in [0.05, 0.1) is 17.0 Å². The number of thiophene rings is 1. The first-order chi connectivity index (χ1) is 16.1. The zero-order valence-electron chi connectivity index (χ0n) is 18.6. The lowest BCUT2D eigenvalue weighted by Crippen LogP contribution is -2.14. The molecular formula is C23H22F2N4O2S3. The summed E-state index contributed by atoms with van der Waals surface area (Å²) in [6.07, 6.45) is 2.78. The molecule has 3 aromatic heterocycles. The predicted octanol–water partition coefficient (Wildman–Crippen LogP) is 5.55. The van der Waals surface area contributed by atoms with Gasteiger partial charge in [-0.2, -0.15) is 4.39 Å². The smallest absolute Gasteiger partial charge is 0.260 e. The maximum absolute atomic E-state index is 14.1. The third-order valence-electron chi connectivity index (χ3n) is 5.20. The van der Waals surface area contributed by atoms with Crippen molar-refractivity contribution in [2.75, 3.05) is 4.72 Å². The Bertz CT molecular complexity index is 1460. The van der Waals surface area contributed by atoms with Gasteiger partial charge in [0.1, 0.15) is 0 Å². The fraction of sp³-hybridized carbons (Fsp3) is 0.217. The molecule has 34 heavy (non-hydrogen) atoms. The van der Waals surface area contributed by atoms with E-state index in [4.69, 9.17) is 0 Å². The van der Waals surface area contributed by atoms with E-state index >= 15 is 0 Å². The van der Waals surface area contributed by atoms with E-state index in [1.807, 2.05) is 45.0 Å². The first kappa shape index (κ1) is 24.4. The molecule has 0 aliphatic heterocycles. The lowest BCUT2D eigenvalue weighted by molar-refractivity contribution is 0.574. The van der Waals surface area contributed by atoms with Gasteiger partial charge in [-0.15, -0.1) is 5.10 Å².